The second-order valence-corrected chi connectivity index (χ2v) is 17.0. The van der Waals surface area contributed by atoms with Gasteiger partial charge in [-0.25, -0.2) is 0 Å². The van der Waals surface area contributed by atoms with Crippen LogP contribution in [-0.2, 0) is 11.4 Å². The number of allylic oxidation sites excluding steroid dienone is 1. The summed E-state index contributed by atoms with van der Waals surface area (Å²) in [4.78, 5) is 0. The van der Waals surface area contributed by atoms with Gasteiger partial charge in [-0.15, -0.1) is 4.72 Å². The predicted octanol–water partition coefficient (Wildman–Crippen LogP) is 9.55. The van der Waals surface area contributed by atoms with Crippen molar-refractivity contribution < 1.29 is 4.55 Å². The van der Waals surface area contributed by atoms with Gasteiger partial charge in [0.25, 0.3) is 0 Å². The van der Waals surface area contributed by atoms with Crippen LogP contribution in [0.1, 0.15) is 63.3 Å². The minimum Gasteiger partial charge on any atom is -0.598 e. The Morgan fingerprint density at radius 2 is 1.29 bits per heavy atom. The molecule has 0 saturated carbocycles. The Kier molecular flexibility index (Phi) is 7.76. The molecule has 4 heteroatoms. The van der Waals surface area contributed by atoms with Crippen LogP contribution in [0.3, 0.4) is 0 Å². The Labute approximate surface area is 250 Å². The smallest absolute Gasteiger partial charge is 0.136 e. The molecule has 41 heavy (non-hydrogen) atoms. The third kappa shape index (κ3) is 5.23. The summed E-state index contributed by atoms with van der Waals surface area (Å²) in [6.07, 6.45) is 1.17. The van der Waals surface area contributed by atoms with Crippen LogP contribution < -0.4 is 4.72 Å². The van der Waals surface area contributed by atoms with E-state index >= 15 is 0 Å². The molecule has 1 unspecified atom stereocenters. The Morgan fingerprint density at radius 1 is 0.780 bits per heavy atom. The van der Waals surface area contributed by atoms with Gasteiger partial charge in [-0.1, -0.05) is 136 Å². The summed E-state index contributed by atoms with van der Waals surface area (Å²) in [5.74, 6) is 0.338. The molecule has 6 rings (SSSR count). The van der Waals surface area contributed by atoms with Gasteiger partial charge in [0.15, 0.2) is 0 Å². The van der Waals surface area contributed by atoms with Crippen molar-refractivity contribution in [3.8, 4) is 11.1 Å². The molecule has 0 radical (unpaired) electrons. The fraction of sp³-hybridized carbons (Fsp3) is 0.297. The van der Waals surface area contributed by atoms with E-state index in [0.29, 0.717) is 11.6 Å². The second-order valence-electron chi connectivity index (χ2n) is 12.7. The van der Waals surface area contributed by atoms with Crippen molar-refractivity contribution in [3.63, 3.8) is 0 Å². The molecule has 0 amide bonds. The highest BCUT2D eigenvalue weighted by Gasteiger charge is 2.61. The molecule has 0 aromatic heterocycles. The summed E-state index contributed by atoms with van der Waals surface area (Å²) in [5, 5.41) is 1.55. The van der Waals surface area contributed by atoms with Crippen molar-refractivity contribution in [2.24, 2.45) is 5.41 Å². The zero-order chi connectivity index (χ0) is 28.8. The number of hydrogen-bond acceptors (Lipinski definition) is 2. The van der Waals surface area contributed by atoms with Gasteiger partial charge in [-0.2, -0.15) is 0 Å². The summed E-state index contributed by atoms with van der Waals surface area (Å²) in [5.41, 5.74) is 8.28. The van der Waals surface area contributed by atoms with E-state index in [9.17, 15) is 4.55 Å². The van der Waals surface area contributed by atoms with Crippen LogP contribution in [0.2, 0.25) is 0 Å². The topological polar surface area (TPSA) is 35.1 Å². The lowest BCUT2D eigenvalue weighted by atomic mass is 9.67. The molecule has 4 aromatic carbocycles. The van der Waals surface area contributed by atoms with Crippen molar-refractivity contribution in [1.82, 2.24) is 4.72 Å². The minimum atomic E-state index is -1.21. The number of fused-ring (bicyclic) bond motifs is 2. The van der Waals surface area contributed by atoms with Crippen LogP contribution in [0.15, 0.2) is 121 Å². The molecule has 0 spiro atoms. The zero-order valence-corrected chi connectivity index (χ0v) is 26.4. The largest absolute Gasteiger partial charge is 0.598 e. The summed E-state index contributed by atoms with van der Waals surface area (Å²) in [6.45, 7) is 11.1. The van der Waals surface area contributed by atoms with E-state index in [1.165, 1.54) is 39.6 Å². The molecule has 1 saturated heterocycles. The average molecular weight is 578 g/mol. The number of nitrogens with one attached hydrogen (secondary N) is 1. The van der Waals surface area contributed by atoms with E-state index < -0.39 is 19.3 Å². The Morgan fingerprint density at radius 3 is 1.85 bits per heavy atom. The number of rotatable bonds is 7. The SMILES string of the molecule is CC1=C(c2ccccc2)[P@@]2C[C@]1(C)[C@H](c1ccccc1)[C@@H]2[C@H](N[S+]([O-])C(C)(C)C)c1ccc(-c2ccccc2)cc1. The summed E-state index contributed by atoms with van der Waals surface area (Å²) >= 11 is -1.21. The van der Waals surface area contributed by atoms with Gasteiger partial charge in [-0.3, -0.25) is 0 Å². The van der Waals surface area contributed by atoms with E-state index in [1.54, 1.807) is 5.31 Å². The lowest BCUT2D eigenvalue weighted by molar-refractivity contribution is 0.345. The van der Waals surface area contributed by atoms with Gasteiger partial charge >= 0.3 is 0 Å². The molecule has 6 atom stereocenters. The number of hydrogen-bond donors (Lipinski definition) is 1. The van der Waals surface area contributed by atoms with Crippen LogP contribution in [0.25, 0.3) is 16.4 Å². The predicted molar refractivity (Wildman–Crippen MR) is 178 cm³/mol. The first kappa shape index (κ1) is 28.4. The van der Waals surface area contributed by atoms with Crippen LogP contribution in [-0.4, -0.2) is 21.1 Å². The molecule has 210 valence electrons. The normalized spacial score (nSPS) is 25.4. The van der Waals surface area contributed by atoms with Crippen LogP contribution >= 0.6 is 7.92 Å². The summed E-state index contributed by atoms with van der Waals surface area (Å²) in [6, 6.07) is 41.6. The van der Waals surface area contributed by atoms with E-state index in [-0.39, 0.29) is 16.2 Å². The highest BCUT2D eigenvalue weighted by Crippen LogP contribution is 2.80. The van der Waals surface area contributed by atoms with E-state index in [0.717, 1.165) is 0 Å². The minimum absolute atomic E-state index is 0.0372. The molecule has 1 fully saturated rings. The zero-order valence-electron chi connectivity index (χ0n) is 24.7. The molecular formula is C37H40NOPS. The fourth-order valence-electron chi connectivity index (χ4n) is 6.90. The average Bonchev–Trinajstić information content (AvgIpc) is 3.44. The Balaban J connectivity index is 1.50. The molecule has 2 heterocycles. The molecule has 2 bridgehead atoms. The lowest BCUT2D eigenvalue weighted by Gasteiger charge is -2.43. The van der Waals surface area contributed by atoms with E-state index in [4.69, 9.17) is 0 Å². The number of benzene rings is 4. The van der Waals surface area contributed by atoms with Gasteiger partial charge < -0.3 is 4.55 Å². The molecule has 2 aliphatic rings. The maximum absolute atomic E-state index is 13.8. The van der Waals surface area contributed by atoms with Crippen molar-refractivity contribution in [3.05, 3.63) is 138 Å². The van der Waals surface area contributed by atoms with Crippen LogP contribution in [0.5, 0.6) is 0 Å². The Bertz CT molecular complexity index is 1510. The van der Waals surface area contributed by atoms with Crippen molar-refractivity contribution in [1.29, 1.82) is 0 Å². The standard InChI is InChI=1S/C37H40NOPS/c1-26-34(31-19-13-8-14-20-31)40-25-37(26,5)32(29-17-11-7-12-18-29)35(40)33(38-41(39)36(2,3)4)30-23-21-28(22-24-30)27-15-9-6-10-16-27/h6-24,32-33,35,38H,25H2,1-5H3/t32-,33-,35-,37+,40-,41?/m1/s1. The fourth-order valence-corrected chi connectivity index (χ4v) is 12.3. The third-order valence-corrected chi connectivity index (χ3v) is 14.2. The van der Waals surface area contributed by atoms with Crippen LogP contribution in [0, 0.1) is 5.41 Å². The molecular weight excluding hydrogens is 537 g/mol. The van der Waals surface area contributed by atoms with Gasteiger partial charge in [0, 0.05) is 28.4 Å². The van der Waals surface area contributed by atoms with Gasteiger partial charge in [0.1, 0.15) is 4.75 Å². The maximum atomic E-state index is 13.8. The molecule has 1 N–H and O–H groups in total. The van der Waals surface area contributed by atoms with E-state index in [1.807, 2.05) is 0 Å². The second kappa shape index (κ2) is 11.2. The van der Waals surface area contributed by atoms with Gasteiger partial charge in [0.05, 0.1) is 6.04 Å². The third-order valence-electron chi connectivity index (χ3n) is 9.10. The molecule has 2 aliphatic heterocycles. The van der Waals surface area contributed by atoms with Crippen molar-refractivity contribution in [2.45, 2.75) is 57.0 Å². The van der Waals surface area contributed by atoms with Crippen molar-refractivity contribution >= 4 is 24.6 Å². The lowest BCUT2D eigenvalue weighted by Crippen LogP contribution is -2.46. The monoisotopic (exact) mass is 577 g/mol. The molecule has 4 aromatic rings. The Hall–Kier alpha value is -2.68. The first-order chi connectivity index (χ1) is 19.7. The highest BCUT2D eigenvalue weighted by molar-refractivity contribution is 7.90. The van der Waals surface area contributed by atoms with Gasteiger partial charge in [-0.05, 0) is 67.0 Å². The maximum Gasteiger partial charge on any atom is 0.136 e. The van der Waals surface area contributed by atoms with Crippen molar-refractivity contribution in [2.75, 3.05) is 6.16 Å². The first-order valence-corrected chi connectivity index (χ1v) is 17.3. The van der Waals surface area contributed by atoms with E-state index in [2.05, 4.69) is 155 Å². The first-order valence-electron chi connectivity index (χ1n) is 14.6. The highest BCUT2D eigenvalue weighted by atomic mass is 32.2. The summed E-state index contributed by atoms with van der Waals surface area (Å²) < 4.78 is 17.2. The van der Waals surface area contributed by atoms with Crippen LogP contribution in [0.4, 0.5) is 0 Å². The quantitative estimate of drug-likeness (QED) is 0.175. The summed E-state index contributed by atoms with van der Waals surface area (Å²) in [7, 11) is -0.521. The molecule has 0 aliphatic carbocycles. The molecule has 2 nitrogen and oxygen atoms in total. The van der Waals surface area contributed by atoms with Gasteiger partial charge in [0.2, 0.25) is 0 Å².